The van der Waals surface area contributed by atoms with Crippen LogP contribution < -0.4 is 10.6 Å². The monoisotopic (exact) mass is 458 g/mol. The fourth-order valence-corrected chi connectivity index (χ4v) is 3.25. The molecular formula is C21H19IN2O2. The van der Waals surface area contributed by atoms with Crippen LogP contribution in [0, 0.1) is 3.57 Å². The highest BCUT2D eigenvalue weighted by Gasteiger charge is 2.16. The van der Waals surface area contributed by atoms with E-state index in [2.05, 4.69) is 33.2 Å². The highest BCUT2D eigenvalue weighted by atomic mass is 127. The lowest BCUT2D eigenvalue weighted by molar-refractivity contribution is 0.0954. The SMILES string of the molecule is CCCNC(=O)c1cc(I)ccc1NC(=O)c1cccc2ccccc12. The van der Waals surface area contributed by atoms with E-state index in [-0.39, 0.29) is 11.8 Å². The van der Waals surface area contributed by atoms with Crippen LogP contribution in [0.15, 0.2) is 60.7 Å². The Hall–Kier alpha value is -2.41. The Balaban J connectivity index is 1.93. The van der Waals surface area contributed by atoms with Gasteiger partial charge in [0.15, 0.2) is 0 Å². The molecule has 3 rings (SSSR count). The number of amides is 2. The number of halogens is 1. The van der Waals surface area contributed by atoms with E-state index in [1.165, 1.54) is 0 Å². The third-order valence-electron chi connectivity index (χ3n) is 4.04. The second kappa shape index (κ2) is 8.31. The molecule has 0 aliphatic heterocycles. The standard InChI is InChI=1S/C21H19IN2O2/c1-2-12-23-20(25)18-13-15(22)10-11-19(18)24-21(26)17-9-5-7-14-6-3-4-8-16(14)17/h3-11,13H,2,12H2,1H3,(H,23,25)(H,24,26). The van der Waals surface area contributed by atoms with Crippen LogP contribution in [0.4, 0.5) is 5.69 Å². The molecule has 5 heteroatoms. The van der Waals surface area contributed by atoms with Crippen molar-refractivity contribution in [3.05, 3.63) is 75.4 Å². The summed E-state index contributed by atoms with van der Waals surface area (Å²) in [4.78, 5) is 25.3. The molecule has 0 saturated carbocycles. The van der Waals surface area contributed by atoms with E-state index in [1.807, 2.05) is 49.4 Å². The number of hydrogen-bond acceptors (Lipinski definition) is 2. The number of rotatable bonds is 5. The topological polar surface area (TPSA) is 58.2 Å². The molecule has 0 aliphatic rings. The fourth-order valence-electron chi connectivity index (χ4n) is 2.76. The lowest BCUT2D eigenvalue weighted by Gasteiger charge is -2.13. The smallest absolute Gasteiger partial charge is 0.256 e. The molecular weight excluding hydrogens is 439 g/mol. The lowest BCUT2D eigenvalue weighted by atomic mass is 10.0. The largest absolute Gasteiger partial charge is 0.352 e. The summed E-state index contributed by atoms with van der Waals surface area (Å²) in [5, 5.41) is 7.65. The molecule has 0 fully saturated rings. The van der Waals surface area contributed by atoms with Gasteiger partial charge in [0.25, 0.3) is 11.8 Å². The molecule has 0 aromatic heterocycles. The van der Waals surface area contributed by atoms with Gasteiger partial charge in [-0.3, -0.25) is 9.59 Å². The minimum absolute atomic E-state index is 0.182. The summed E-state index contributed by atoms with van der Waals surface area (Å²) in [6, 6.07) is 18.8. The zero-order valence-corrected chi connectivity index (χ0v) is 16.5. The van der Waals surface area contributed by atoms with E-state index < -0.39 is 0 Å². The van der Waals surface area contributed by atoms with Gasteiger partial charge in [-0.05, 0) is 64.0 Å². The minimum Gasteiger partial charge on any atom is -0.352 e. The first kappa shape index (κ1) is 18.4. The zero-order valence-electron chi connectivity index (χ0n) is 14.4. The maximum Gasteiger partial charge on any atom is 0.256 e. The van der Waals surface area contributed by atoms with Crippen molar-refractivity contribution in [1.82, 2.24) is 5.32 Å². The van der Waals surface area contributed by atoms with Crippen LogP contribution in [0.3, 0.4) is 0 Å². The van der Waals surface area contributed by atoms with E-state index in [4.69, 9.17) is 0 Å². The Morgan fingerprint density at radius 2 is 1.69 bits per heavy atom. The van der Waals surface area contributed by atoms with Gasteiger partial charge in [0.1, 0.15) is 0 Å². The average Bonchev–Trinajstić information content (AvgIpc) is 2.66. The summed E-state index contributed by atoms with van der Waals surface area (Å²) in [7, 11) is 0. The first-order chi connectivity index (χ1) is 12.6. The van der Waals surface area contributed by atoms with E-state index in [0.717, 1.165) is 20.8 Å². The maximum absolute atomic E-state index is 12.9. The first-order valence-corrected chi connectivity index (χ1v) is 9.55. The second-order valence-electron chi connectivity index (χ2n) is 5.93. The Kier molecular flexibility index (Phi) is 5.88. The van der Waals surface area contributed by atoms with E-state index >= 15 is 0 Å². The molecule has 0 bridgehead atoms. The van der Waals surface area contributed by atoms with Crippen LogP contribution in [0.5, 0.6) is 0 Å². The third-order valence-corrected chi connectivity index (χ3v) is 4.72. The Morgan fingerprint density at radius 1 is 0.923 bits per heavy atom. The molecule has 2 N–H and O–H groups in total. The Morgan fingerprint density at radius 3 is 2.50 bits per heavy atom. The third kappa shape index (κ3) is 4.04. The van der Waals surface area contributed by atoms with E-state index in [1.54, 1.807) is 18.2 Å². The molecule has 26 heavy (non-hydrogen) atoms. The number of carbonyl (C=O) groups is 2. The van der Waals surface area contributed by atoms with Crippen LogP contribution in [0.25, 0.3) is 10.8 Å². The summed E-state index contributed by atoms with van der Waals surface area (Å²) in [6.45, 7) is 2.60. The van der Waals surface area contributed by atoms with Gasteiger partial charge in [0, 0.05) is 15.7 Å². The highest BCUT2D eigenvalue weighted by Crippen LogP contribution is 2.23. The summed E-state index contributed by atoms with van der Waals surface area (Å²) < 4.78 is 0.937. The molecule has 0 radical (unpaired) electrons. The quantitative estimate of drug-likeness (QED) is 0.538. The number of benzene rings is 3. The molecule has 0 spiro atoms. The van der Waals surface area contributed by atoms with E-state index in [0.29, 0.717) is 23.4 Å². The van der Waals surface area contributed by atoms with E-state index in [9.17, 15) is 9.59 Å². The first-order valence-electron chi connectivity index (χ1n) is 8.47. The van der Waals surface area contributed by atoms with Crippen molar-refractivity contribution in [2.45, 2.75) is 13.3 Å². The van der Waals surface area contributed by atoms with Gasteiger partial charge in [-0.15, -0.1) is 0 Å². The maximum atomic E-state index is 12.9. The van der Waals surface area contributed by atoms with Crippen LogP contribution in [-0.4, -0.2) is 18.4 Å². The van der Waals surface area contributed by atoms with Crippen molar-refractivity contribution >= 4 is 50.9 Å². The molecule has 0 atom stereocenters. The minimum atomic E-state index is -0.229. The fraction of sp³-hybridized carbons (Fsp3) is 0.143. The van der Waals surface area contributed by atoms with Crippen molar-refractivity contribution in [1.29, 1.82) is 0 Å². The van der Waals surface area contributed by atoms with Gasteiger partial charge in [0.2, 0.25) is 0 Å². The van der Waals surface area contributed by atoms with Gasteiger partial charge in [-0.2, -0.15) is 0 Å². The Bertz CT molecular complexity index is 964. The summed E-state index contributed by atoms with van der Waals surface area (Å²) >= 11 is 2.16. The molecule has 0 aliphatic carbocycles. The number of carbonyl (C=O) groups excluding carboxylic acids is 2. The van der Waals surface area contributed by atoms with Crippen molar-refractivity contribution < 1.29 is 9.59 Å². The van der Waals surface area contributed by atoms with Crippen molar-refractivity contribution in [3.63, 3.8) is 0 Å². The molecule has 4 nitrogen and oxygen atoms in total. The lowest BCUT2D eigenvalue weighted by Crippen LogP contribution is -2.26. The normalized spacial score (nSPS) is 10.5. The molecule has 0 heterocycles. The van der Waals surface area contributed by atoms with Gasteiger partial charge in [-0.1, -0.05) is 43.3 Å². The highest BCUT2D eigenvalue weighted by molar-refractivity contribution is 14.1. The van der Waals surface area contributed by atoms with Crippen molar-refractivity contribution in [2.75, 3.05) is 11.9 Å². The van der Waals surface area contributed by atoms with Crippen molar-refractivity contribution in [3.8, 4) is 0 Å². The van der Waals surface area contributed by atoms with Crippen LogP contribution in [0.2, 0.25) is 0 Å². The number of anilines is 1. The van der Waals surface area contributed by atoms with Crippen LogP contribution in [0.1, 0.15) is 34.1 Å². The molecule has 0 saturated heterocycles. The number of nitrogens with one attached hydrogen (secondary N) is 2. The predicted octanol–water partition coefficient (Wildman–Crippen LogP) is 4.84. The summed E-state index contributed by atoms with van der Waals surface area (Å²) in [5.41, 5.74) is 1.57. The predicted molar refractivity (Wildman–Crippen MR) is 114 cm³/mol. The van der Waals surface area contributed by atoms with Gasteiger partial charge >= 0.3 is 0 Å². The molecule has 3 aromatic rings. The number of fused-ring (bicyclic) bond motifs is 1. The molecule has 3 aromatic carbocycles. The van der Waals surface area contributed by atoms with Crippen molar-refractivity contribution in [2.24, 2.45) is 0 Å². The zero-order chi connectivity index (χ0) is 18.5. The van der Waals surface area contributed by atoms with Gasteiger partial charge in [0.05, 0.1) is 11.3 Å². The van der Waals surface area contributed by atoms with Gasteiger partial charge in [-0.25, -0.2) is 0 Å². The average molecular weight is 458 g/mol. The molecule has 0 unspecified atom stereocenters. The second-order valence-corrected chi connectivity index (χ2v) is 7.17. The van der Waals surface area contributed by atoms with Crippen LogP contribution in [-0.2, 0) is 0 Å². The van der Waals surface area contributed by atoms with Crippen LogP contribution >= 0.6 is 22.6 Å². The molecule has 2 amide bonds. The molecule has 132 valence electrons. The summed E-state index contributed by atoms with van der Waals surface area (Å²) in [6.07, 6.45) is 0.855. The number of hydrogen-bond donors (Lipinski definition) is 2. The summed E-state index contributed by atoms with van der Waals surface area (Å²) in [5.74, 6) is -0.411. The van der Waals surface area contributed by atoms with Gasteiger partial charge < -0.3 is 10.6 Å². The Labute approximate surface area is 166 Å².